The fourth-order valence-electron chi connectivity index (χ4n) is 2.49. The Labute approximate surface area is 115 Å². The van der Waals surface area contributed by atoms with Gasteiger partial charge in [0.15, 0.2) is 0 Å². The highest BCUT2D eigenvalue weighted by molar-refractivity contribution is 5.57. The summed E-state index contributed by atoms with van der Waals surface area (Å²) in [6.45, 7) is 6.46. The van der Waals surface area contributed by atoms with Gasteiger partial charge in [0.05, 0.1) is 5.69 Å². The molecule has 1 aromatic heterocycles. The molecule has 3 rings (SSSR count). The molecule has 2 aromatic rings. The zero-order valence-electron chi connectivity index (χ0n) is 11.8. The van der Waals surface area contributed by atoms with Crippen LogP contribution in [-0.4, -0.2) is 4.57 Å². The number of hydrogen-bond acceptors (Lipinski definition) is 0. The summed E-state index contributed by atoms with van der Waals surface area (Å²) in [7, 11) is 0. The van der Waals surface area contributed by atoms with Crippen molar-refractivity contribution in [2.75, 3.05) is 0 Å². The van der Waals surface area contributed by atoms with Crippen LogP contribution in [0.25, 0.3) is 5.69 Å². The predicted molar refractivity (Wildman–Crippen MR) is 79.6 cm³/mol. The molecule has 1 fully saturated rings. The smallest absolute Gasteiger partial charge is 0.0640 e. The second-order valence-electron chi connectivity index (χ2n) is 5.47. The zero-order chi connectivity index (χ0) is 13.4. The summed E-state index contributed by atoms with van der Waals surface area (Å²) in [6, 6.07) is 10.7. The van der Waals surface area contributed by atoms with Gasteiger partial charge in [-0.1, -0.05) is 24.0 Å². The van der Waals surface area contributed by atoms with E-state index in [-0.39, 0.29) is 0 Å². The van der Waals surface area contributed by atoms with Crippen molar-refractivity contribution in [1.29, 1.82) is 0 Å². The molecule has 0 amide bonds. The van der Waals surface area contributed by atoms with Gasteiger partial charge in [-0.15, -0.1) is 0 Å². The van der Waals surface area contributed by atoms with Crippen molar-refractivity contribution >= 4 is 0 Å². The Morgan fingerprint density at radius 3 is 2.32 bits per heavy atom. The molecule has 0 saturated heterocycles. The van der Waals surface area contributed by atoms with Crippen LogP contribution in [0.15, 0.2) is 30.3 Å². The highest BCUT2D eigenvalue weighted by Gasteiger charge is 2.18. The van der Waals surface area contributed by atoms with Crippen molar-refractivity contribution in [2.24, 2.45) is 5.92 Å². The third-order valence-electron chi connectivity index (χ3n) is 3.72. The number of aryl methyl sites for hydroxylation is 3. The lowest BCUT2D eigenvalue weighted by Crippen LogP contribution is -2.04. The van der Waals surface area contributed by atoms with Crippen LogP contribution < -0.4 is 0 Å². The predicted octanol–water partition coefficient (Wildman–Crippen LogP) is 4.16. The van der Waals surface area contributed by atoms with Crippen LogP contribution in [0, 0.1) is 38.5 Å². The van der Waals surface area contributed by atoms with Crippen LogP contribution in [0.2, 0.25) is 0 Å². The Hall–Kier alpha value is -1.94. The monoisotopic (exact) mass is 249 g/mol. The lowest BCUT2D eigenvalue weighted by molar-refractivity contribution is 0.951. The third kappa shape index (κ3) is 2.31. The van der Waals surface area contributed by atoms with Gasteiger partial charge in [0.1, 0.15) is 0 Å². The maximum atomic E-state index is 3.39. The van der Waals surface area contributed by atoms with Crippen molar-refractivity contribution in [3.63, 3.8) is 0 Å². The molecule has 1 nitrogen and oxygen atoms in total. The highest BCUT2D eigenvalue weighted by atomic mass is 15.0. The van der Waals surface area contributed by atoms with E-state index in [2.05, 4.69) is 67.5 Å². The van der Waals surface area contributed by atoms with Crippen LogP contribution in [0.3, 0.4) is 0 Å². The van der Waals surface area contributed by atoms with Crippen molar-refractivity contribution in [3.8, 4) is 17.5 Å². The molecule has 0 unspecified atom stereocenters. The average Bonchev–Trinajstić information content (AvgIpc) is 3.15. The topological polar surface area (TPSA) is 4.93 Å². The minimum absolute atomic E-state index is 0.639. The number of nitrogens with zero attached hydrogens (tertiary/aromatic N) is 1. The first-order valence-electron chi connectivity index (χ1n) is 6.93. The molecule has 0 bridgehead atoms. The summed E-state index contributed by atoms with van der Waals surface area (Å²) >= 11 is 0. The summed E-state index contributed by atoms with van der Waals surface area (Å²) in [6.07, 6.45) is 2.55. The molecule has 0 spiro atoms. The zero-order valence-corrected chi connectivity index (χ0v) is 11.8. The first kappa shape index (κ1) is 12.1. The standard InChI is InChI=1S/C18H19N/c1-13-5-4-6-17(12-11-16-9-10-16)18(13)19-14(2)7-8-15(19)3/h4-8,16H,9-10H2,1-3H3. The van der Waals surface area contributed by atoms with E-state index in [9.17, 15) is 0 Å². The first-order valence-corrected chi connectivity index (χ1v) is 6.93. The van der Waals surface area contributed by atoms with Gasteiger partial charge in [-0.05, 0) is 57.4 Å². The van der Waals surface area contributed by atoms with Gasteiger partial charge < -0.3 is 4.57 Å². The molecule has 1 aliphatic carbocycles. The molecule has 1 saturated carbocycles. The Morgan fingerprint density at radius 2 is 1.68 bits per heavy atom. The lowest BCUT2D eigenvalue weighted by atomic mass is 10.1. The van der Waals surface area contributed by atoms with Crippen LogP contribution in [-0.2, 0) is 0 Å². The van der Waals surface area contributed by atoms with E-state index in [1.807, 2.05) is 0 Å². The molecular weight excluding hydrogens is 230 g/mol. The van der Waals surface area contributed by atoms with Gasteiger partial charge in [-0.2, -0.15) is 0 Å². The summed E-state index contributed by atoms with van der Waals surface area (Å²) < 4.78 is 2.31. The second kappa shape index (κ2) is 4.63. The van der Waals surface area contributed by atoms with Gasteiger partial charge in [-0.25, -0.2) is 0 Å². The summed E-state index contributed by atoms with van der Waals surface area (Å²) in [5.41, 5.74) is 6.21. The molecule has 1 aromatic carbocycles. The van der Waals surface area contributed by atoms with Gasteiger partial charge in [0.25, 0.3) is 0 Å². The number of rotatable bonds is 1. The number of hydrogen-bond donors (Lipinski definition) is 0. The van der Waals surface area contributed by atoms with E-state index < -0.39 is 0 Å². The molecule has 96 valence electrons. The van der Waals surface area contributed by atoms with Gasteiger partial charge in [0, 0.05) is 22.9 Å². The maximum absolute atomic E-state index is 3.39. The van der Waals surface area contributed by atoms with E-state index in [1.165, 1.54) is 35.5 Å². The quantitative estimate of drug-likeness (QED) is 0.669. The fourth-order valence-corrected chi connectivity index (χ4v) is 2.49. The maximum Gasteiger partial charge on any atom is 0.0640 e. The minimum atomic E-state index is 0.639. The molecule has 1 aliphatic rings. The van der Waals surface area contributed by atoms with Crippen molar-refractivity contribution in [1.82, 2.24) is 4.57 Å². The molecule has 0 atom stereocenters. The van der Waals surface area contributed by atoms with E-state index >= 15 is 0 Å². The van der Waals surface area contributed by atoms with Gasteiger partial charge >= 0.3 is 0 Å². The molecule has 1 heterocycles. The third-order valence-corrected chi connectivity index (χ3v) is 3.72. The summed E-state index contributed by atoms with van der Waals surface area (Å²) in [4.78, 5) is 0. The minimum Gasteiger partial charge on any atom is -0.317 e. The van der Waals surface area contributed by atoms with E-state index in [1.54, 1.807) is 0 Å². The largest absolute Gasteiger partial charge is 0.317 e. The van der Waals surface area contributed by atoms with E-state index in [4.69, 9.17) is 0 Å². The van der Waals surface area contributed by atoms with Crippen LogP contribution >= 0.6 is 0 Å². The van der Waals surface area contributed by atoms with Crippen molar-refractivity contribution in [3.05, 3.63) is 52.8 Å². The number of para-hydroxylation sites is 1. The van der Waals surface area contributed by atoms with Crippen molar-refractivity contribution < 1.29 is 0 Å². The molecule has 1 heteroatoms. The highest BCUT2D eigenvalue weighted by Crippen LogP contribution is 2.28. The summed E-state index contributed by atoms with van der Waals surface area (Å²) in [5, 5.41) is 0. The van der Waals surface area contributed by atoms with Crippen LogP contribution in [0.5, 0.6) is 0 Å². The van der Waals surface area contributed by atoms with Crippen molar-refractivity contribution in [2.45, 2.75) is 33.6 Å². The molecule has 0 aliphatic heterocycles. The second-order valence-corrected chi connectivity index (χ2v) is 5.47. The molecule has 19 heavy (non-hydrogen) atoms. The Bertz CT molecular complexity index is 656. The average molecular weight is 249 g/mol. The summed E-state index contributed by atoms with van der Waals surface area (Å²) in [5.74, 6) is 7.41. The number of aromatic nitrogens is 1. The van der Waals surface area contributed by atoms with Crippen LogP contribution in [0.4, 0.5) is 0 Å². The fraction of sp³-hybridized carbons (Fsp3) is 0.333. The molecule has 0 radical (unpaired) electrons. The lowest BCUT2D eigenvalue weighted by Gasteiger charge is -2.14. The molecule has 0 N–H and O–H groups in total. The Morgan fingerprint density at radius 1 is 1.00 bits per heavy atom. The van der Waals surface area contributed by atoms with Gasteiger partial charge in [0.2, 0.25) is 0 Å². The first-order chi connectivity index (χ1) is 9.16. The van der Waals surface area contributed by atoms with E-state index in [0.717, 1.165) is 5.56 Å². The Kier molecular flexibility index (Phi) is 2.95. The normalized spacial score (nSPS) is 14.1. The van der Waals surface area contributed by atoms with Gasteiger partial charge in [-0.3, -0.25) is 0 Å². The molecular formula is C18H19N. The van der Waals surface area contributed by atoms with E-state index in [0.29, 0.717) is 5.92 Å². The Balaban J connectivity index is 2.17. The van der Waals surface area contributed by atoms with Crippen LogP contribution in [0.1, 0.15) is 35.4 Å². The number of benzene rings is 1. The SMILES string of the molecule is Cc1cccc(C#CC2CC2)c1-n1c(C)ccc1C.